The van der Waals surface area contributed by atoms with Crippen molar-refractivity contribution in [2.75, 3.05) is 4.90 Å². The first-order valence-corrected chi connectivity index (χ1v) is 10.3. The third-order valence-electron chi connectivity index (χ3n) is 6.39. The summed E-state index contributed by atoms with van der Waals surface area (Å²) in [6.45, 7) is 5.41. The van der Waals surface area contributed by atoms with E-state index in [0.29, 0.717) is 5.69 Å². The summed E-state index contributed by atoms with van der Waals surface area (Å²) in [7, 11) is 0. The number of rotatable bonds is 2. The molecule has 31 heavy (non-hydrogen) atoms. The zero-order valence-electron chi connectivity index (χ0n) is 17.4. The fraction of sp³-hybridized carbons (Fsp3) is 0.333. The van der Waals surface area contributed by atoms with Crippen LogP contribution in [0.5, 0.6) is 0 Å². The lowest BCUT2D eigenvalue weighted by Gasteiger charge is -2.35. The molecule has 158 valence electrons. The lowest BCUT2D eigenvalue weighted by Crippen LogP contribution is -2.48. The summed E-state index contributed by atoms with van der Waals surface area (Å²) >= 11 is 0. The number of carbonyl (C=O) groups excluding carboxylic acids is 3. The molecule has 0 spiro atoms. The zero-order valence-corrected chi connectivity index (χ0v) is 17.4. The molecule has 2 fully saturated rings. The smallest absolute Gasteiger partial charge is 0.240 e. The SMILES string of the molecule is CC(C)(C)C(=O)[C@@H]1[C@H]2C(=O)N(c3ccc(F)cc3)C(=O)[C@@H]2[C@H]2c3ccccc3C=NN12. The number of halogens is 1. The summed E-state index contributed by atoms with van der Waals surface area (Å²) in [5.41, 5.74) is 1.33. The Balaban J connectivity index is 1.66. The van der Waals surface area contributed by atoms with Gasteiger partial charge in [-0.3, -0.25) is 19.4 Å². The predicted octanol–water partition coefficient (Wildman–Crippen LogP) is 3.32. The molecule has 2 amide bonds. The van der Waals surface area contributed by atoms with Gasteiger partial charge in [0.2, 0.25) is 11.8 Å². The van der Waals surface area contributed by atoms with Crippen LogP contribution in [0.3, 0.4) is 0 Å². The van der Waals surface area contributed by atoms with E-state index in [1.54, 1.807) is 32.0 Å². The Labute approximate surface area is 179 Å². The molecule has 0 aromatic heterocycles. The third kappa shape index (κ3) is 2.76. The molecule has 3 heterocycles. The monoisotopic (exact) mass is 419 g/mol. The molecule has 4 atom stereocenters. The van der Waals surface area contributed by atoms with E-state index in [1.807, 2.05) is 24.3 Å². The Morgan fingerprint density at radius 3 is 2.29 bits per heavy atom. The van der Waals surface area contributed by atoms with Crippen molar-refractivity contribution < 1.29 is 18.8 Å². The van der Waals surface area contributed by atoms with Gasteiger partial charge in [0.25, 0.3) is 0 Å². The highest BCUT2D eigenvalue weighted by molar-refractivity contribution is 6.24. The van der Waals surface area contributed by atoms with Crippen LogP contribution in [-0.2, 0) is 14.4 Å². The van der Waals surface area contributed by atoms with E-state index in [9.17, 15) is 18.8 Å². The lowest BCUT2D eigenvalue weighted by atomic mass is 9.79. The lowest BCUT2D eigenvalue weighted by molar-refractivity contribution is -0.136. The molecule has 2 aromatic carbocycles. The molecule has 0 unspecified atom stereocenters. The molecule has 2 saturated heterocycles. The average Bonchev–Trinajstić information content (AvgIpc) is 3.20. The van der Waals surface area contributed by atoms with Gasteiger partial charge in [0.15, 0.2) is 5.78 Å². The Morgan fingerprint density at radius 1 is 0.968 bits per heavy atom. The van der Waals surface area contributed by atoms with Crippen molar-refractivity contribution in [1.82, 2.24) is 5.01 Å². The highest BCUT2D eigenvalue weighted by Crippen LogP contribution is 2.53. The molecule has 2 aromatic rings. The number of carbonyl (C=O) groups is 3. The number of hydrogen-bond acceptors (Lipinski definition) is 5. The predicted molar refractivity (Wildman–Crippen MR) is 113 cm³/mol. The first-order chi connectivity index (χ1) is 14.7. The first-order valence-electron chi connectivity index (χ1n) is 10.3. The molecular formula is C24H22FN3O3. The number of nitrogens with zero attached hydrogens (tertiary/aromatic N) is 3. The standard InChI is InChI=1S/C24H22FN3O3/c1-24(2,3)21(29)20-18-17(19-16-7-5-4-6-13(16)12-26-28(19)20)22(30)27(23(18)31)15-10-8-14(25)9-11-15/h4-12,17-20H,1-3H3/t17-,18-,19+,20-/m0/s1. The van der Waals surface area contributed by atoms with Crippen molar-refractivity contribution in [3.05, 3.63) is 65.5 Å². The average molecular weight is 419 g/mol. The van der Waals surface area contributed by atoms with Gasteiger partial charge in [-0.05, 0) is 35.4 Å². The number of amides is 2. The molecule has 0 radical (unpaired) electrons. The van der Waals surface area contributed by atoms with Crippen molar-refractivity contribution >= 4 is 29.5 Å². The van der Waals surface area contributed by atoms with Crippen LogP contribution in [0.1, 0.15) is 37.9 Å². The number of hydrazone groups is 1. The molecular weight excluding hydrogens is 397 g/mol. The van der Waals surface area contributed by atoms with Gasteiger partial charge < -0.3 is 0 Å². The fourth-order valence-electron chi connectivity index (χ4n) is 4.96. The van der Waals surface area contributed by atoms with Crippen molar-refractivity contribution in [2.45, 2.75) is 32.9 Å². The van der Waals surface area contributed by atoms with Crippen LogP contribution < -0.4 is 4.90 Å². The quantitative estimate of drug-likeness (QED) is 0.701. The third-order valence-corrected chi connectivity index (χ3v) is 6.39. The second kappa shape index (κ2) is 6.57. The molecule has 7 heteroatoms. The molecule has 0 saturated carbocycles. The first kappa shape index (κ1) is 19.6. The van der Waals surface area contributed by atoms with Crippen molar-refractivity contribution in [2.24, 2.45) is 22.4 Å². The number of benzene rings is 2. The summed E-state index contributed by atoms with van der Waals surface area (Å²) in [5.74, 6) is -3.00. The summed E-state index contributed by atoms with van der Waals surface area (Å²) < 4.78 is 13.4. The van der Waals surface area contributed by atoms with Crippen LogP contribution in [0, 0.1) is 23.1 Å². The largest absolute Gasteiger partial charge is 0.297 e. The maximum atomic E-state index is 13.6. The zero-order chi connectivity index (χ0) is 22.1. The normalized spacial score (nSPS) is 26.7. The van der Waals surface area contributed by atoms with Crippen LogP contribution in [0.15, 0.2) is 53.6 Å². The van der Waals surface area contributed by atoms with E-state index in [2.05, 4.69) is 5.10 Å². The van der Waals surface area contributed by atoms with Crippen molar-refractivity contribution in [3.63, 3.8) is 0 Å². The minimum atomic E-state index is -0.849. The number of imide groups is 1. The van der Waals surface area contributed by atoms with Crippen LogP contribution >= 0.6 is 0 Å². The summed E-state index contributed by atoms with van der Waals surface area (Å²) in [6.07, 6.45) is 1.68. The molecule has 0 bridgehead atoms. The second-order valence-corrected chi connectivity index (χ2v) is 9.30. The van der Waals surface area contributed by atoms with Gasteiger partial charge in [-0.2, -0.15) is 5.10 Å². The van der Waals surface area contributed by atoms with E-state index in [4.69, 9.17) is 0 Å². The number of anilines is 1. The highest BCUT2D eigenvalue weighted by Gasteiger charge is 2.66. The maximum Gasteiger partial charge on any atom is 0.240 e. The Kier molecular flexibility index (Phi) is 4.16. The number of ketones is 1. The van der Waals surface area contributed by atoms with Gasteiger partial charge in [-0.1, -0.05) is 45.0 Å². The van der Waals surface area contributed by atoms with Gasteiger partial charge in [0.05, 0.1) is 29.8 Å². The fourth-order valence-corrected chi connectivity index (χ4v) is 4.96. The topological polar surface area (TPSA) is 70.0 Å². The second-order valence-electron chi connectivity index (χ2n) is 9.30. The molecule has 3 aliphatic heterocycles. The maximum absolute atomic E-state index is 13.6. The number of Topliss-reactive ketones (excluding diaryl/α,β-unsaturated/α-hetero) is 1. The van der Waals surface area contributed by atoms with Crippen molar-refractivity contribution in [1.29, 1.82) is 0 Å². The van der Waals surface area contributed by atoms with Gasteiger partial charge in [-0.15, -0.1) is 0 Å². The van der Waals surface area contributed by atoms with Crippen molar-refractivity contribution in [3.8, 4) is 0 Å². The molecule has 0 aliphatic carbocycles. The van der Waals surface area contributed by atoms with Crippen LogP contribution in [0.2, 0.25) is 0 Å². The van der Waals surface area contributed by atoms with Gasteiger partial charge in [0.1, 0.15) is 11.9 Å². The molecule has 6 nitrogen and oxygen atoms in total. The van der Waals surface area contributed by atoms with E-state index in [-0.39, 0.29) is 11.7 Å². The summed E-state index contributed by atoms with van der Waals surface area (Å²) in [6, 6.07) is 11.5. The van der Waals surface area contributed by atoms with Gasteiger partial charge >= 0.3 is 0 Å². The van der Waals surface area contributed by atoms with Gasteiger partial charge in [-0.25, -0.2) is 9.29 Å². The Morgan fingerprint density at radius 2 is 1.61 bits per heavy atom. The minimum Gasteiger partial charge on any atom is -0.297 e. The summed E-state index contributed by atoms with van der Waals surface area (Å²) in [5, 5.41) is 6.18. The van der Waals surface area contributed by atoms with E-state index in [0.717, 1.165) is 16.0 Å². The van der Waals surface area contributed by atoms with E-state index < -0.39 is 41.1 Å². The molecule has 5 rings (SSSR count). The highest BCUT2D eigenvalue weighted by atomic mass is 19.1. The number of hydrogen-bond donors (Lipinski definition) is 0. The van der Waals surface area contributed by atoms with E-state index in [1.165, 1.54) is 24.3 Å². The van der Waals surface area contributed by atoms with Crippen LogP contribution in [-0.4, -0.2) is 34.9 Å². The van der Waals surface area contributed by atoms with Crippen LogP contribution in [0.4, 0.5) is 10.1 Å². The minimum absolute atomic E-state index is 0.136. The van der Waals surface area contributed by atoms with Gasteiger partial charge in [0, 0.05) is 5.41 Å². The van der Waals surface area contributed by atoms with Crippen LogP contribution in [0.25, 0.3) is 0 Å². The van der Waals surface area contributed by atoms with E-state index >= 15 is 0 Å². The molecule has 0 N–H and O–H groups in total. The molecule has 3 aliphatic rings. The Bertz CT molecular complexity index is 1140. The summed E-state index contributed by atoms with van der Waals surface area (Å²) in [4.78, 5) is 41.7. The Hall–Kier alpha value is -3.35. The number of fused-ring (bicyclic) bond motifs is 5.